The van der Waals surface area contributed by atoms with Gasteiger partial charge in [-0.05, 0) is 17.9 Å². The minimum atomic E-state index is 0.283. The molecule has 0 aliphatic carbocycles. The number of fused-ring (bicyclic) bond motifs is 1. The van der Waals surface area contributed by atoms with Gasteiger partial charge in [-0.3, -0.25) is 0 Å². The summed E-state index contributed by atoms with van der Waals surface area (Å²) >= 11 is 1.55. The summed E-state index contributed by atoms with van der Waals surface area (Å²) in [7, 11) is 0. The van der Waals surface area contributed by atoms with Gasteiger partial charge in [0.2, 0.25) is 11.8 Å². The van der Waals surface area contributed by atoms with E-state index in [4.69, 9.17) is 10.5 Å². The lowest BCUT2D eigenvalue weighted by atomic mass is 10.2. The average molecular weight is 265 g/mol. The summed E-state index contributed by atoms with van der Waals surface area (Å²) in [5.41, 5.74) is 5.66. The number of aromatic nitrogens is 2. The molecule has 0 saturated heterocycles. The first-order chi connectivity index (χ1) is 8.81. The van der Waals surface area contributed by atoms with E-state index in [1.54, 1.807) is 11.3 Å². The Morgan fingerprint density at radius 1 is 1.22 bits per heavy atom. The summed E-state index contributed by atoms with van der Waals surface area (Å²) < 4.78 is 5.71. The zero-order valence-electron chi connectivity index (χ0n) is 10.7. The zero-order chi connectivity index (χ0) is 12.8. The number of unbranched alkanes of at least 4 members (excludes halogenated alkanes) is 4. The standard InChI is InChI=1S/C13H19N3OS/c1-2-3-4-5-6-8-17-11-10-7-9-18-12(10)16-13(14)15-11/h7,9H,2-6,8H2,1H3,(H2,14,15,16). The van der Waals surface area contributed by atoms with Crippen molar-refractivity contribution in [2.75, 3.05) is 12.3 Å². The van der Waals surface area contributed by atoms with Crippen LogP contribution in [0.25, 0.3) is 10.2 Å². The highest BCUT2D eigenvalue weighted by atomic mass is 32.1. The predicted molar refractivity (Wildman–Crippen MR) is 76.1 cm³/mol. The molecule has 18 heavy (non-hydrogen) atoms. The second-order valence-electron chi connectivity index (χ2n) is 4.29. The van der Waals surface area contributed by atoms with E-state index in [-0.39, 0.29) is 5.95 Å². The molecule has 0 unspecified atom stereocenters. The molecule has 0 aliphatic rings. The minimum Gasteiger partial charge on any atom is -0.477 e. The van der Waals surface area contributed by atoms with E-state index in [0.717, 1.165) is 16.6 Å². The van der Waals surface area contributed by atoms with Gasteiger partial charge >= 0.3 is 0 Å². The molecule has 0 radical (unpaired) electrons. The smallest absolute Gasteiger partial charge is 0.227 e. The highest BCUT2D eigenvalue weighted by molar-refractivity contribution is 7.16. The van der Waals surface area contributed by atoms with Crippen LogP contribution < -0.4 is 10.5 Å². The first kappa shape index (κ1) is 13.1. The second kappa shape index (κ2) is 6.54. The van der Waals surface area contributed by atoms with Crippen molar-refractivity contribution in [1.29, 1.82) is 0 Å². The summed E-state index contributed by atoms with van der Waals surface area (Å²) in [6, 6.07) is 1.98. The molecule has 0 aromatic carbocycles. The van der Waals surface area contributed by atoms with Crippen LogP contribution in [0.5, 0.6) is 5.88 Å². The van der Waals surface area contributed by atoms with Crippen molar-refractivity contribution < 1.29 is 4.74 Å². The molecule has 0 spiro atoms. The lowest BCUT2D eigenvalue weighted by Gasteiger charge is -2.06. The van der Waals surface area contributed by atoms with Gasteiger partial charge in [-0.2, -0.15) is 4.98 Å². The van der Waals surface area contributed by atoms with Crippen LogP contribution in [0.3, 0.4) is 0 Å². The molecule has 0 atom stereocenters. The fraction of sp³-hybridized carbons (Fsp3) is 0.538. The third kappa shape index (κ3) is 3.32. The van der Waals surface area contributed by atoms with Crippen LogP contribution in [0.2, 0.25) is 0 Å². The molecular formula is C13H19N3OS. The number of hydrogen-bond donors (Lipinski definition) is 1. The van der Waals surface area contributed by atoms with E-state index in [1.165, 1.54) is 25.7 Å². The number of nitrogen functional groups attached to an aromatic ring is 1. The van der Waals surface area contributed by atoms with Crippen LogP contribution in [0.15, 0.2) is 11.4 Å². The Morgan fingerprint density at radius 2 is 2.06 bits per heavy atom. The van der Waals surface area contributed by atoms with Crippen molar-refractivity contribution >= 4 is 27.5 Å². The maximum absolute atomic E-state index is 5.71. The molecule has 98 valence electrons. The van der Waals surface area contributed by atoms with Crippen molar-refractivity contribution in [1.82, 2.24) is 9.97 Å². The number of nitrogens with two attached hydrogens (primary N) is 1. The molecule has 5 heteroatoms. The fourth-order valence-corrected chi connectivity index (χ4v) is 2.59. The van der Waals surface area contributed by atoms with Crippen molar-refractivity contribution in [3.63, 3.8) is 0 Å². The fourth-order valence-electron chi connectivity index (χ4n) is 1.83. The average Bonchev–Trinajstić information content (AvgIpc) is 2.81. The quantitative estimate of drug-likeness (QED) is 0.777. The van der Waals surface area contributed by atoms with Crippen molar-refractivity contribution in [3.05, 3.63) is 11.4 Å². The van der Waals surface area contributed by atoms with E-state index in [1.807, 2.05) is 11.4 Å². The Balaban J connectivity index is 1.89. The summed E-state index contributed by atoms with van der Waals surface area (Å²) in [6.45, 7) is 2.92. The Bertz CT molecular complexity index is 498. The zero-order valence-corrected chi connectivity index (χ0v) is 11.5. The minimum absolute atomic E-state index is 0.283. The second-order valence-corrected chi connectivity index (χ2v) is 5.18. The predicted octanol–water partition coefficient (Wildman–Crippen LogP) is 3.62. The molecule has 2 aromatic rings. The Kier molecular flexibility index (Phi) is 4.75. The molecule has 2 rings (SSSR count). The lowest BCUT2D eigenvalue weighted by Crippen LogP contribution is -2.02. The lowest BCUT2D eigenvalue weighted by molar-refractivity contribution is 0.297. The first-order valence-corrected chi connectivity index (χ1v) is 7.32. The molecule has 0 aliphatic heterocycles. The number of anilines is 1. The Hall–Kier alpha value is -1.36. The largest absolute Gasteiger partial charge is 0.477 e. The molecular weight excluding hydrogens is 246 g/mol. The molecule has 2 heterocycles. The SMILES string of the molecule is CCCCCCCOc1nc(N)nc2sccc12. The highest BCUT2D eigenvalue weighted by Gasteiger charge is 2.08. The summed E-state index contributed by atoms with van der Waals surface area (Å²) in [4.78, 5) is 9.22. The van der Waals surface area contributed by atoms with Crippen LogP contribution in [-0.2, 0) is 0 Å². The van der Waals surface area contributed by atoms with E-state index < -0.39 is 0 Å². The van der Waals surface area contributed by atoms with Gasteiger partial charge in [-0.1, -0.05) is 32.6 Å². The van der Waals surface area contributed by atoms with Gasteiger partial charge in [0.15, 0.2) is 0 Å². The third-order valence-corrected chi connectivity index (χ3v) is 3.60. The van der Waals surface area contributed by atoms with Crippen LogP contribution in [0.4, 0.5) is 5.95 Å². The maximum Gasteiger partial charge on any atom is 0.227 e. The van der Waals surface area contributed by atoms with E-state index in [9.17, 15) is 0 Å². The third-order valence-electron chi connectivity index (χ3n) is 2.79. The molecule has 2 N–H and O–H groups in total. The molecule has 4 nitrogen and oxygen atoms in total. The topological polar surface area (TPSA) is 61.0 Å². The van der Waals surface area contributed by atoms with Gasteiger partial charge < -0.3 is 10.5 Å². The van der Waals surface area contributed by atoms with Crippen molar-refractivity contribution in [2.45, 2.75) is 39.0 Å². The summed E-state index contributed by atoms with van der Waals surface area (Å²) in [6.07, 6.45) is 6.12. The van der Waals surface area contributed by atoms with E-state index in [0.29, 0.717) is 12.5 Å². The molecule has 0 fully saturated rings. The molecule has 0 amide bonds. The van der Waals surface area contributed by atoms with E-state index in [2.05, 4.69) is 16.9 Å². The monoisotopic (exact) mass is 265 g/mol. The van der Waals surface area contributed by atoms with Gasteiger partial charge in [-0.25, -0.2) is 4.98 Å². The summed E-state index contributed by atoms with van der Waals surface area (Å²) in [5, 5.41) is 2.94. The first-order valence-electron chi connectivity index (χ1n) is 6.44. The molecule has 0 saturated carbocycles. The van der Waals surface area contributed by atoms with Gasteiger partial charge in [0.05, 0.1) is 12.0 Å². The van der Waals surface area contributed by atoms with Gasteiger partial charge in [0.25, 0.3) is 0 Å². The highest BCUT2D eigenvalue weighted by Crippen LogP contribution is 2.27. The van der Waals surface area contributed by atoms with E-state index >= 15 is 0 Å². The van der Waals surface area contributed by atoms with Crippen LogP contribution >= 0.6 is 11.3 Å². The number of thiophene rings is 1. The summed E-state index contributed by atoms with van der Waals surface area (Å²) in [5.74, 6) is 0.903. The van der Waals surface area contributed by atoms with Crippen LogP contribution in [0.1, 0.15) is 39.0 Å². The van der Waals surface area contributed by atoms with Gasteiger partial charge in [0.1, 0.15) is 4.83 Å². The maximum atomic E-state index is 5.71. The number of nitrogens with zero attached hydrogens (tertiary/aromatic N) is 2. The van der Waals surface area contributed by atoms with Gasteiger partial charge in [-0.15, -0.1) is 11.3 Å². The number of hydrogen-bond acceptors (Lipinski definition) is 5. The Morgan fingerprint density at radius 3 is 2.89 bits per heavy atom. The molecule has 0 bridgehead atoms. The van der Waals surface area contributed by atoms with Crippen LogP contribution in [-0.4, -0.2) is 16.6 Å². The van der Waals surface area contributed by atoms with Crippen LogP contribution in [0, 0.1) is 0 Å². The Labute approximate surface area is 111 Å². The number of ether oxygens (including phenoxy) is 1. The van der Waals surface area contributed by atoms with Crippen molar-refractivity contribution in [2.24, 2.45) is 0 Å². The van der Waals surface area contributed by atoms with Gasteiger partial charge in [0, 0.05) is 0 Å². The number of rotatable bonds is 7. The van der Waals surface area contributed by atoms with Crippen molar-refractivity contribution in [3.8, 4) is 5.88 Å². The molecule has 2 aromatic heterocycles. The normalized spacial score (nSPS) is 10.9.